The number of hydrogen-bond acceptors (Lipinski definition) is 3. The Labute approximate surface area is 117 Å². The first-order valence-corrected chi connectivity index (χ1v) is 15.6. The van der Waals surface area contributed by atoms with Crippen molar-refractivity contribution in [2.75, 3.05) is 0 Å². The molecule has 0 aliphatic carbocycles. The maximum Gasteiger partial charge on any atom is 0.342 e. The third kappa shape index (κ3) is 6.78. The summed E-state index contributed by atoms with van der Waals surface area (Å²) < 4.78 is 18.3. The van der Waals surface area contributed by atoms with Crippen LogP contribution >= 0.6 is 0 Å². The van der Waals surface area contributed by atoms with Crippen LogP contribution in [-0.4, -0.2) is 35.2 Å². The largest absolute Gasteiger partial charge is 0.438 e. The molecule has 0 aliphatic heterocycles. The van der Waals surface area contributed by atoms with E-state index in [0.29, 0.717) is 0 Å². The quantitative estimate of drug-likeness (QED) is 0.612. The van der Waals surface area contributed by atoms with E-state index in [1.54, 1.807) is 0 Å². The van der Waals surface area contributed by atoms with E-state index < -0.39 is 35.2 Å². The Morgan fingerprint density at radius 1 is 0.889 bits per heavy atom. The van der Waals surface area contributed by atoms with E-state index in [4.69, 9.17) is 12.3 Å². The molecule has 0 rings (SSSR count). The minimum absolute atomic E-state index is 0.682. The zero-order valence-electron chi connectivity index (χ0n) is 12.3. The molecule has 0 heterocycles. The highest BCUT2D eigenvalue weighted by atomic mass is 28.5. The first-order chi connectivity index (χ1) is 8.10. The van der Waals surface area contributed by atoms with Gasteiger partial charge in [-0.1, -0.05) is 17.1 Å². The third-order valence-electron chi connectivity index (χ3n) is 2.33. The van der Waals surface area contributed by atoms with Gasteiger partial charge in [-0.25, -0.2) is 0 Å². The molecule has 0 aromatic carbocycles. The highest BCUT2D eigenvalue weighted by Gasteiger charge is 2.41. The van der Waals surface area contributed by atoms with Gasteiger partial charge in [-0.15, -0.1) is 19.7 Å². The van der Waals surface area contributed by atoms with Crippen molar-refractivity contribution >= 4 is 35.2 Å². The van der Waals surface area contributed by atoms with E-state index in [1.165, 1.54) is 0 Å². The van der Waals surface area contributed by atoms with Gasteiger partial charge in [0, 0.05) is 0 Å². The maximum atomic E-state index is 6.20. The van der Waals surface area contributed by atoms with Crippen molar-refractivity contribution in [1.82, 2.24) is 0 Å². The van der Waals surface area contributed by atoms with E-state index in [1.807, 2.05) is 36.7 Å². The van der Waals surface area contributed by atoms with Crippen molar-refractivity contribution in [3.8, 4) is 0 Å². The molecule has 0 spiro atoms. The molecule has 0 saturated carbocycles. The summed E-state index contributed by atoms with van der Waals surface area (Å²) in [5.74, 6) is 0. The smallest absolute Gasteiger partial charge is 0.342 e. The molecular formula is C11H26O3Si4. The fourth-order valence-electron chi connectivity index (χ4n) is 1.45. The van der Waals surface area contributed by atoms with Gasteiger partial charge in [0.05, 0.1) is 0 Å². The molecule has 0 bridgehead atoms. The molecule has 7 heteroatoms. The van der Waals surface area contributed by atoms with Crippen LogP contribution in [0, 0.1) is 0 Å². The lowest BCUT2D eigenvalue weighted by molar-refractivity contribution is 0.346. The van der Waals surface area contributed by atoms with Gasteiger partial charge in [0.25, 0.3) is 0 Å². The van der Waals surface area contributed by atoms with Crippen molar-refractivity contribution in [2.24, 2.45) is 0 Å². The second-order valence-electron chi connectivity index (χ2n) is 5.23. The molecule has 3 nitrogen and oxygen atoms in total. The molecule has 1 atom stereocenters. The average Bonchev–Trinajstić information content (AvgIpc) is 2.25. The van der Waals surface area contributed by atoms with Crippen molar-refractivity contribution < 1.29 is 12.3 Å². The molecular weight excluding hydrogens is 292 g/mol. The summed E-state index contributed by atoms with van der Waals surface area (Å²) in [5.41, 5.74) is 5.62. The first-order valence-electron chi connectivity index (χ1n) is 6.02. The summed E-state index contributed by atoms with van der Waals surface area (Å²) in [6.45, 7) is 21.7. The third-order valence-corrected chi connectivity index (χ3v) is 15.0. The molecule has 104 valence electrons. The standard InChI is InChI=1S/C11H26O3Si4/c1-9-15-12-17(6,7)14-18(8,11-3)13-16(4,5)10-2/h9-11H,1-3,15H2,4-8H3. The molecule has 1 unspecified atom stereocenters. The maximum absolute atomic E-state index is 6.20. The van der Waals surface area contributed by atoms with Crippen LogP contribution in [0.5, 0.6) is 0 Å². The van der Waals surface area contributed by atoms with Crippen molar-refractivity contribution in [3.05, 3.63) is 36.8 Å². The molecule has 18 heavy (non-hydrogen) atoms. The monoisotopic (exact) mass is 318 g/mol. The summed E-state index contributed by atoms with van der Waals surface area (Å²) in [6.07, 6.45) is 0. The van der Waals surface area contributed by atoms with E-state index in [2.05, 4.69) is 32.8 Å². The van der Waals surface area contributed by atoms with Crippen LogP contribution in [0.2, 0.25) is 32.7 Å². The molecule has 0 aliphatic rings. The van der Waals surface area contributed by atoms with Crippen LogP contribution < -0.4 is 0 Å². The number of hydrogen-bond donors (Lipinski definition) is 0. The van der Waals surface area contributed by atoms with Crippen LogP contribution in [0.1, 0.15) is 0 Å². The van der Waals surface area contributed by atoms with E-state index in [-0.39, 0.29) is 0 Å². The lowest BCUT2D eigenvalue weighted by Gasteiger charge is -2.37. The lowest BCUT2D eigenvalue weighted by Crippen LogP contribution is -2.54. The SMILES string of the molecule is C=C[SiH2]O[Si](C)(C)O[Si](C)(C=C)O[Si](C)(C)C=C. The van der Waals surface area contributed by atoms with Gasteiger partial charge in [-0.3, -0.25) is 0 Å². The fourth-order valence-corrected chi connectivity index (χ4v) is 13.9. The second kappa shape index (κ2) is 6.94. The Balaban J connectivity index is 4.80. The average molecular weight is 319 g/mol. The van der Waals surface area contributed by atoms with Crippen LogP contribution in [-0.2, 0) is 12.3 Å². The molecule has 0 radical (unpaired) electrons. The molecule has 0 aromatic rings. The van der Waals surface area contributed by atoms with Crippen LogP contribution in [0.25, 0.3) is 0 Å². The van der Waals surface area contributed by atoms with E-state index in [9.17, 15) is 0 Å². The predicted octanol–water partition coefficient (Wildman–Crippen LogP) is 2.69. The molecule has 0 saturated heterocycles. The van der Waals surface area contributed by atoms with Crippen LogP contribution in [0.15, 0.2) is 36.8 Å². The summed E-state index contributed by atoms with van der Waals surface area (Å²) in [7, 11) is -7.09. The highest BCUT2D eigenvalue weighted by molar-refractivity contribution is 6.91. The van der Waals surface area contributed by atoms with Crippen LogP contribution in [0.4, 0.5) is 0 Å². The number of rotatable bonds is 9. The predicted molar refractivity (Wildman–Crippen MR) is 89.0 cm³/mol. The molecule has 0 amide bonds. The fraction of sp³-hybridized carbons (Fsp3) is 0.455. The van der Waals surface area contributed by atoms with Gasteiger partial charge in [-0.05, 0) is 32.7 Å². The van der Waals surface area contributed by atoms with Crippen molar-refractivity contribution in [1.29, 1.82) is 0 Å². The molecule has 0 fully saturated rings. The minimum atomic E-state index is -2.39. The Morgan fingerprint density at radius 3 is 1.83 bits per heavy atom. The molecule has 0 N–H and O–H groups in total. The first kappa shape index (κ1) is 18.0. The Morgan fingerprint density at radius 2 is 1.44 bits per heavy atom. The summed E-state index contributed by atoms with van der Waals surface area (Å²) in [6, 6.07) is 0. The second-order valence-corrected chi connectivity index (χ2v) is 17.8. The summed E-state index contributed by atoms with van der Waals surface area (Å²) >= 11 is 0. The highest BCUT2D eigenvalue weighted by Crippen LogP contribution is 2.22. The van der Waals surface area contributed by atoms with Gasteiger partial charge in [0.15, 0.2) is 18.1 Å². The van der Waals surface area contributed by atoms with Crippen LogP contribution in [0.3, 0.4) is 0 Å². The minimum Gasteiger partial charge on any atom is -0.438 e. The van der Waals surface area contributed by atoms with E-state index in [0.717, 1.165) is 0 Å². The summed E-state index contributed by atoms with van der Waals surface area (Å²) in [5, 5.41) is 0. The molecule has 0 aromatic heterocycles. The zero-order valence-corrected chi connectivity index (χ0v) is 16.7. The van der Waals surface area contributed by atoms with Gasteiger partial charge < -0.3 is 12.3 Å². The topological polar surface area (TPSA) is 27.7 Å². The summed E-state index contributed by atoms with van der Waals surface area (Å²) in [4.78, 5) is 0. The van der Waals surface area contributed by atoms with Gasteiger partial charge in [0.2, 0.25) is 0 Å². The van der Waals surface area contributed by atoms with Crippen molar-refractivity contribution in [3.63, 3.8) is 0 Å². The lowest BCUT2D eigenvalue weighted by atomic mass is 11.3. The van der Waals surface area contributed by atoms with Gasteiger partial charge in [-0.2, -0.15) is 0 Å². The Bertz CT molecular complexity index is 317. The normalized spacial score (nSPS) is 16.5. The van der Waals surface area contributed by atoms with Gasteiger partial charge in [0.1, 0.15) is 0 Å². The Hall–Kier alpha value is -0.0325. The van der Waals surface area contributed by atoms with Crippen molar-refractivity contribution in [2.45, 2.75) is 32.7 Å². The van der Waals surface area contributed by atoms with E-state index >= 15 is 0 Å². The zero-order chi connectivity index (χ0) is 14.4. The van der Waals surface area contributed by atoms with Gasteiger partial charge >= 0.3 is 17.1 Å². The Kier molecular flexibility index (Phi) is 6.93.